The predicted molar refractivity (Wildman–Crippen MR) is 52.0 cm³/mol. The van der Waals surface area contributed by atoms with Crippen molar-refractivity contribution in [3.63, 3.8) is 0 Å². The number of hydrogen-bond donors (Lipinski definition) is 1. The van der Waals surface area contributed by atoms with E-state index in [1.54, 1.807) is 13.8 Å². The summed E-state index contributed by atoms with van der Waals surface area (Å²) < 4.78 is 0. The van der Waals surface area contributed by atoms with Gasteiger partial charge in [0, 0.05) is 5.54 Å². The van der Waals surface area contributed by atoms with Crippen LogP contribution in [0, 0.1) is 6.07 Å². The SMILES string of the molecule is CC(C)(N[C-]=O)C(=O)c1[c-]cc([O-])cc1.[Rb+].[Rb+].[Rb+]. The van der Waals surface area contributed by atoms with Crippen molar-refractivity contribution in [1.29, 1.82) is 0 Å². The van der Waals surface area contributed by atoms with Crippen molar-refractivity contribution in [1.82, 2.24) is 5.32 Å². The standard InChI is InChI=1S/C11H11NO3.3Rb/c1-11(2,12-7-13)10(15)8-3-5-9(14)6-4-8;;;/h3,5-6,14H,1-2H3,(H,12,13);;;/q-2;3*+1/p-1. The third kappa shape index (κ3) is 8.88. The summed E-state index contributed by atoms with van der Waals surface area (Å²) >= 11 is 0. The molecule has 0 aromatic heterocycles. The van der Waals surface area contributed by atoms with Crippen LogP contribution in [0.2, 0.25) is 0 Å². The minimum absolute atomic E-state index is 0. The van der Waals surface area contributed by atoms with Crippen molar-refractivity contribution in [2.75, 3.05) is 0 Å². The molecule has 0 atom stereocenters. The summed E-state index contributed by atoms with van der Waals surface area (Å²) in [6.45, 7) is 3.11. The maximum absolute atomic E-state index is 11.8. The first-order valence-corrected chi connectivity index (χ1v) is 4.35. The Bertz CT molecular complexity index is 380. The van der Waals surface area contributed by atoms with E-state index in [2.05, 4.69) is 11.4 Å². The van der Waals surface area contributed by atoms with Gasteiger partial charge in [-0.05, 0) is 13.8 Å². The quantitative estimate of drug-likeness (QED) is 0.276. The summed E-state index contributed by atoms with van der Waals surface area (Å²) in [5.41, 5.74) is -0.773. The fraction of sp³-hybridized carbons (Fsp3) is 0.273. The van der Waals surface area contributed by atoms with Gasteiger partial charge in [-0.15, -0.1) is 17.7 Å². The molecule has 0 saturated carbocycles. The Labute approximate surface area is 254 Å². The molecule has 1 N–H and O–H groups in total. The van der Waals surface area contributed by atoms with Crippen LogP contribution in [0.15, 0.2) is 18.2 Å². The van der Waals surface area contributed by atoms with E-state index in [1.165, 1.54) is 24.6 Å². The minimum Gasteiger partial charge on any atom is -0.914 e. The summed E-state index contributed by atoms with van der Waals surface area (Å²) in [5.74, 6) is -0.523. The van der Waals surface area contributed by atoms with Crippen molar-refractivity contribution in [2.45, 2.75) is 19.4 Å². The second-order valence-electron chi connectivity index (χ2n) is 3.62. The predicted octanol–water partition coefficient (Wildman–Crippen LogP) is -8.81. The third-order valence-electron chi connectivity index (χ3n) is 1.96. The summed E-state index contributed by atoms with van der Waals surface area (Å²) in [5, 5.41) is 13.1. The van der Waals surface area contributed by atoms with E-state index in [0.717, 1.165) is 0 Å². The van der Waals surface area contributed by atoms with Crippen LogP contribution in [0.25, 0.3) is 0 Å². The number of carbonyl (C=O) groups is 1. The number of hydrogen-bond acceptors (Lipinski definition) is 3. The van der Waals surface area contributed by atoms with E-state index in [4.69, 9.17) is 0 Å². The molecule has 0 spiro atoms. The fourth-order valence-corrected chi connectivity index (χ4v) is 1.07. The van der Waals surface area contributed by atoms with Gasteiger partial charge in [-0.25, -0.2) is 5.75 Å². The molecule has 0 aliphatic heterocycles. The van der Waals surface area contributed by atoms with Crippen LogP contribution in [0.3, 0.4) is 0 Å². The van der Waals surface area contributed by atoms with Gasteiger partial charge in [-0.1, -0.05) is 0 Å². The van der Waals surface area contributed by atoms with Crippen LogP contribution in [0.4, 0.5) is 0 Å². The molecule has 7 heteroatoms. The van der Waals surface area contributed by atoms with Crippen molar-refractivity contribution in [2.24, 2.45) is 0 Å². The van der Waals surface area contributed by atoms with Crippen LogP contribution in [0.1, 0.15) is 24.2 Å². The zero-order chi connectivity index (χ0) is 11.5. The molecule has 0 radical (unpaired) electrons. The molecule has 1 aromatic rings. The normalized spacial score (nSPS) is 9.00. The Hall–Kier alpha value is 3.58. The van der Waals surface area contributed by atoms with Crippen LogP contribution in [-0.4, -0.2) is 17.7 Å². The van der Waals surface area contributed by atoms with Crippen molar-refractivity contribution in [3.05, 3.63) is 29.8 Å². The average Bonchev–Trinajstić information content (AvgIpc) is 2.18. The molecule has 1 rings (SSSR count). The second-order valence-corrected chi connectivity index (χ2v) is 3.62. The molecular formula is C11H10NO3Rb3. The minimum atomic E-state index is -1.04. The maximum atomic E-state index is 11.8. The molecule has 0 unspecified atom stereocenters. The molecule has 1 aromatic carbocycles. The molecule has 0 bridgehead atoms. The molecule has 1 amide bonds. The van der Waals surface area contributed by atoms with Crippen molar-refractivity contribution < 1.29 is 189 Å². The van der Waals surface area contributed by atoms with Crippen LogP contribution in [0.5, 0.6) is 5.75 Å². The molecule has 18 heavy (non-hydrogen) atoms. The molecule has 0 aliphatic rings. The zero-order valence-electron chi connectivity index (χ0n) is 11.5. The summed E-state index contributed by atoms with van der Waals surface area (Å²) in [6.07, 6.45) is 1.47. The Morgan fingerprint density at radius 1 is 1.33 bits per heavy atom. The topological polar surface area (TPSA) is 69.2 Å². The summed E-state index contributed by atoms with van der Waals surface area (Å²) in [4.78, 5) is 22.0. The van der Waals surface area contributed by atoms with E-state index in [0.29, 0.717) is 0 Å². The number of carbonyl (C=O) groups excluding carboxylic acids is 2. The smallest absolute Gasteiger partial charge is 0.914 e. The molecule has 80 valence electrons. The van der Waals surface area contributed by atoms with Crippen molar-refractivity contribution >= 4 is 12.2 Å². The molecule has 0 fully saturated rings. The van der Waals surface area contributed by atoms with E-state index in [1.807, 2.05) is 0 Å². The number of nitrogens with one attached hydrogen (secondary N) is 1. The first-order valence-electron chi connectivity index (χ1n) is 4.35. The monoisotopic (exact) mass is 459 g/mol. The van der Waals surface area contributed by atoms with Gasteiger partial charge in [-0.3, -0.25) is 0 Å². The Morgan fingerprint density at radius 2 is 1.89 bits per heavy atom. The molecular weight excluding hydrogens is 451 g/mol. The van der Waals surface area contributed by atoms with E-state index >= 15 is 0 Å². The van der Waals surface area contributed by atoms with Crippen LogP contribution >= 0.6 is 0 Å². The van der Waals surface area contributed by atoms with E-state index in [9.17, 15) is 14.7 Å². The number of ketones is 1. The first-order chi connectivity index (χ1) is 6.97. The third-order valence-corrected chi connectivity index (χ3v) is 1.96. The summed E-state index contributed by atoms with van der Waals surface area (Å²) in [7, 11) is 0. The van der Waals surface area contributed by atoms with Gasteiger partial charge in [0.15, 0.2) is 0 Å². The molecule has 0 saturated heterocycles. The van der Waals surface area contributed by atoms with Crippen LogP contribution in [-0.2, 0) is 4.79 Å². The first kappa shape index (κ1) is 26.5. The number of rotatable bonds is 4. The van der Waals surface area contributed by atoms with Gasteiger partial charge in [-0.2, -0.15) is 18.5 Å². The molecule has 0 heterocycles. The molecule has 0 aliphatic carbocycles. The average molecular weight is 461 g/mol. The summed E-state index contributed by atoms with van der Waals surface area (Å²) in [6, 6.07) is 6.43. The second kappa shape index (κ2) is 13.1. The van der Waals surface area contributed by atoms with Gasteiger partial charge in [0.05, 0.1) is 0 Å². The maximum Gasteiger partial charge on any atom is 1.00 e. The Balaban J connectivity index is -0.000000750. The van der Waals surface area contributed by atoms with Crippen LogP contribution < -0.4 is 185 Å². The van der Waals surface area contributed by atoms with Crippen molar-refractivity contribution in [3.8, 4) is 5.75 Å². The Kier molecular flexibility index (Phi) is 19.2. The van der Waals surface area contributed by atoms with E-state index < -0.39 is 5.54 Å². The number of benzene rings is 1. The van der Waals surface area contributed by atoms with Gasteiger partial charge in [0.2, 0.25) is 0 Å². The zero-order valence-corrected chi connectivity index (χ0v) is 26.2. The van der Waals surface area contributed by atoms with Gasteiger partial charge in [0.1, 0.15) is 5.78 Å². The largest absolute Gasteiger partial charge is 1.00 e. The number of amides is 1. The number of Topliss-reactive ketones (excluding diaryl/α,β-unsaturated/α-hetero) is 1. The fourth-order valence-electron chi connectivity index (χ4n) is 1.07. The molecule has 4 nitrogen and oxygen atoms in total. The van der Waals surface area contributed by atoms with Gasteiger partial charge in [0.25, 0.3) is 0 Å². The Morgan fingerprint density at radius 3 is 2.28 bits per heavy atom. The van der Waals surface area contributed by atoms with Gasteiger partial charge < -0.3 is 20.0 Å². The van der Waals surface area contributed by atoms with Gasteiger partial charge >= 0.3 is 175 Å². The van der Waals surface area contributed by atoms with E-state index in [-0.39, 0.29) is 192 Å².